The smallest absolute Gasteiger partial charge is 0.341 e. The number of carboxylic acid groups (broad SMARTS) is 1. The monoisotopic (exact) mass is 409 g/mol. The largest absolute Gasteiger partial charge is 0.481 e. The van der Waals surface area contributed by atoms with Gasteiger partial charge in [0.25, 0.3) is 12.3 Å². The molecule has 1 N–H and O–H groups in total. The number of ether oxygens (including phenoxy) is 1. The van der Waals surface area contributed by atoms with Crippen molar-refractivity contribution in [1.29, 1.82) is 0 Å². The van der Waals surface area contributed by atoms with Gasteiger partial charge in [0.1, 0.15) is 5.75 Å². The summed E-state index contributed by atoms with van der Waals surface area (Å²) in [4.78, 5) is 25.0. The number of amides is 1. The third-order valence-corrected chi connectivity index (χ3v) is 4.75. The van der Waals surface area contributed by atoms with Crippen molar-refractivity contribution < 1.29 is 28.2 Å². The molecule has 0 spiro atoms. The number of halogens is 3. The van der Waals surface area contributed by atoms with E-state index in [4.69, 9.17) is 21.4 Å². The summed E-state index contributed by atoms with van der Waals surface area (Å²) in [6.07, 6.45) is -1.12. The molecule has 3 rings (SSSR count). The molecule has 5 nitrogen and oxygen atoms in total. The number of alkyl halides is 2. The summed E-state index contributed by atoms with van der Waals surface area (Å²) in [5.74, 6) is -1.38. The molecule has 1 fully saturated rings. The Labute approximate surface area is 165 Å². The van der Waals surface area contributed by atoms with E-state index in [2.05, 4.69) is 0 Å². The molecule has 0 bridgehead atoms. The number of nitrogens with zero attached hydrogens (tertiary/aromatic N) is 1. The lowest BCUT2D eigenvalue weighted by atomic mass is 9.98. The molecular weight excluding hydrogens is 392 g/mol. The molecule has 1 heterocycles. The molecule has 148 valence electrons. The van der Waals surface area contributed by atoms with Crippen molar-refractivity contribution in [3.05, 3.63) is 52.5 Å². The maximum Gasteiger partial charge on any atom is 0.341 e. The zero-order valence-corrected chi connectivity index (χ0v) is 15.6. The molecule has 0 unspecified atom stereocenters. The molecule has 0 radical (unpaired) electrons. The van der Waals surface area contributed by atoms with Gasteiger partial charge in [0.05, 0.1) is 0 Å². The van der Waals surface area contributed by atoms with Crippen LogP contribution >= 0.6 is 11.6 Å². The quantitative estimate of drug-likeness (QED) is 0.754. The van der Waals surface area contributed by atoms with Gasteiger partial charge >= 0.3 is 5.97 Å². The van der Waals surface area contributed by atoms with Crippen LogP contribution in [0.1, 0.15) is 35.2 Å². The van der Waals surface area contributed by atoms with Crippen LogP contribution in [-0.2, 0) is 4.79 Å². The molecule has 0 atom stereocenters. The van der Waals surface area contributed by atoms with Crippen molar-refractivity contribution in [2.24, 2.45) is 0 Å². The van der Waals surface area contributed by atoms with E-state index in [0.29, 0.717) is 29.2 Å². The lowest BCUT2D eigenvalue weighted by Gasteiger charge is -2.19. The molecule has 0 aromatic heterocycles. The first-order chi connectivity index (χ1) is 13.4. The van der Waals surface area contributed by atoms with Gasteiger partial charge in [-0.05, 0) is 48.7 Å². The first-order valence-electron chi connectivity index (χ1n) is 8.72. The minimum Gasteiger partial charge on any atom is -0.481 e. The fraction of sp³-hybridized carbons (Fsp3) is 0.300. The number of likely N-dealkylation sites (tertiary alicyclic amines) is 1. The topological polar surface area (TPSA) is 66.8 Å². The number of carbonyl (C=O) groups excluding carboxylic acids is 1. The van der Waals surface area contributed by atoms with Crippen LogP contribution in [0.3, 0.4) is 0 Å². The summed E-state index contributed by atoms with van der Waals surface area (Å²) >= 11 is 6.02. The first-order valence-corrected chi connectivity index (χ1v) is 9.10. The van der Waals surface area contributed by atoms with Gasteiger partial charge in [-0.25, -0.2) is 13.6 Å². The average molecular weight is 410 g/mol. The molecule has 2 aromatic rings. The van der Waals surface area contributed by atoms with E-state index in [9.17, 15) is 18.4 Å². The van der Waals surface area contributed by atoms with E-state index < -0.39 is 24.9 Å². The van der Waals surface area contributed by atoms with Gasteiger partial charge in [-0.15, -0.1) is 0 Å². The lowest BCUT2D eigenvalue weighted by Crippen LogP contribution is -2.28. The Hall–Kier alpha value is -2.67. The van der Waals surface area contributed by atoms with Crippen molar-refractivity contribution in [2.45, 2.75) is 19.3 Å². The van der Waals surface area contributed by atoms with Crippen molar-refractivity contribution in [3.63, 3.8) is 0 Å². The fourth-order valence-corrected chi connectivity index (χ4v) is 3.36. The normalized spacial score (nSPS) is 13.8. The van der Waals surface area contributed by atoms with E-state index in [0.717, 1.165) is 12.8 Å². The van der Waals surface area contributed by atoms with Crippen molar-refractivity contribution in [3.8, 4) is 16.9 Å². The third kappa shape index (κ3) is 4.42. The zero-order chi connectivity index (χ0) is 20.3. The number of carbonyl (C=O) groups is 2. The van der Waals surface area contributed by atoms with Crippen LogP contribution < -0.4 is 4.74 Å². The van der Waals surface area contributed by atoms with E-state index >= 15 is 0 Å². The fourth-order valence-electron chi connectivity index (χ4n) is 3.19. The summed E-state index contributed by atoms with van der Waals surface area (Å²) in [5.41, 5.74) is 0.321. The van der Waals surface area contributed by atoms with Gasteiger partial charge in [0, 0.05) is 34.8 Å². The second-order valence-corrected chi connectivity index (χ2v) is 6.86. The molecule has 0 aliphatic carbocycles. The molecule has 28 heavy (non-hydrogen) atoms. The Kier molecular flexibility index (Phi) is 6.14. The van der Waals surface area contributed by atoms with Crippen LogP contribution in [0.4, 0.5) is 8.78 Å². The van der Waals surface area contributed by atoms with Crippen molar-refractivity contribution in [1.82, 2.24) is 4.90 Å². The van der Waals surface area contributed by atoms with E-state index in [1.807, 2.05) is 0 Å². The number of rotatable bonds is 6. The van der Waals surface area contributed by atoms with E-state index in [-0.39, 0.29) is 16.9 Å². The standard InChI is InChI=1S/C20H18ClF2NO4/c21-13-4-6-17(28-11-18(25)26)15(10-13)12-3-5-14(16(9-12)19(22)23)20(27)24-7-1-2-8-24/h3-6,9-10,19H,1-2,7-8,11H2,(H,25,26). The van der Waals surface area contributed by atoms with Crippen LogP contribution in [0.25, 0.3) is 11.1 Å². The number of carboxylic acids is 1. The van der Waals surface area contributed by atoms with Crippen LogP contribution in [0.2, 0.25) is 5.02 Å². The Balaban J connectivity index is 2.01. The third-order valence-electron chi connectivity index (χ3n) is 4.51. The second kappa shape index (κ2) is 8.56. The van der Waals surface area contributed by atoms with Gasteiger partial charge in [-0.2, -0.15) is 0 Å². The Bertz CT molecular complexity index is 898. The maximum atomic E-state index is 13.7. The summed E-state index contributed by atoms with van der Waals surface area (Å²) in [5, 5.41) is 9.16. The molecule has 0 saturated carbocycles. The van der Waals surface area contributed by atoms with Crippen LogP contribution in [0, 0.1) is 0 Å². The van der Waals surface area contributed by atoms with Gasteiger partial charge in [-0.1, -0.05) is 17.7 Å². The molecule has 8 heteroatoms. The van der Waals surface area contributed by atoms with Crippen molar-refractivity contribution >= 4 is 23.5 Å². The first kappa shape index (κ1) is 20.1. The molecule has 1 amide bonds. The predicted octanol–water partition coefficient (Wildman–Crippen LogP) is 4.64. The number of hydrogen-bond acceptors (Lipinski definition) is 3. The van der Waals surface area contributed by atoms with Gasteiger partial charge in [0.15, 0.2) is 6.61 Å². The summed E-state index contributed by atoms with van der Waals surface area (Å²) in [6.45, 7) is 0.539. The molecule has 1 aliphatic heterocycles. The SMILES string of the molecule is O=C(O)COc1ccc(Cl)cc1-c1ccc(C(=O)N2CCCC2)c(C(F)F)c1. The minimum absolute atomic E-state index is 0.0318. The molecule has 1 aliphatic rings. The summed E-state index contributed by atoms with van der Waals surface area (Å²) < 4.78 is 32.6. The maximum absolute atomic E-state index is 13.7. The zero-order valence-electron chi connectivity index (χ0n) is 14.8. The van der Waals surface area contributed by atoms with Gasteiger partial charge in [0.2, 0.25) is 0 Å². The van der Waals surface area contributed by atoms with Crippen LogP contribution in [0.15, 0.2) is 36.4 Å². The van der Waals surface area contributed by atoms with E-state index in [1.54, 1.807) is 4.90 Å². The summed E-state index contributed by atoms with van der Waals surface area (Å²) in [6, 6.07) is 8.64. The van der Waals surface area contributed by atoms with E-state index in [1.165, 1.54) is 36.4 Å². The molecule has 2 aromatic carbocycles. The highest BCUT2D eigenvalue weighted by Gasteiger charge is 2.25. The number of hydrogen-bond donors (Lipinski definition) is 1. The lowest BCUT2D eigenvalue weighted by molar-refractivity contribution is -0.139. The second-order valence-electron chi connectivity index (χ2n) is 6.42. The average Bonchev–Trinajstić information content (AvgIpc) is 3.20. The Morgan fingerprint density at radius 3 is 2.50 bits per heavy atom. The Morgan fingerprint density at radius 2 is 1.86 bits per heavy atom. The number of aliphatic carboxylic acids is 1. The van der Waals surface area contributed by atoms with Crippen LogP contribution in [0.5, 0.6) is 5.75 Å². The Morgan fingerprint density at radius 1 is 1.14 bits per heavy atom. The molecular formula is C20H18ClF2NO4. The van der Waals surface area contributed by atoms with Crippen molar-refractivity contribution in [2.75, 3.05) is 19.7 Å². The van der Waals surface area contributed by atoms with Crippen LogP contribution in [-0.4, -0.2) is 41.6 Å². The highest BCUT2D eigenvalue weighted by molar-refractivity contribution is 6.31. The highest BCUT2D eigenvalue weighted by Crippen LogP contribution is 2.36. The number of benzene rings is 2. The van der Waals surface area contributed by atoms with Gasteiger partial charge in [-0.3, -0.25) is 4.79 Å². The predicted molar refractivity (Wildman–Crippen MR) is 100 cm³/mol. The minimum atomic E-state index is -2.84. The summed E-state index contributed by atoms with van der Waals surface area (Å²) in [7, 11) is 0. The molecule has 1 saturated heterocycles. The highest BCUT2D eigenvalue weighted by atomic mass is 35.5. The van der Waals surface area contributed by atoms with Gasteiger partial charge < -0.3 is 14.7 Å².